The third-order valence-electron chi connectivity index (χ3n) is 4.21. The topological polar surface area (TPSA) is 65.9 Å². The first-order valence-electron chi connectivity index (χ1n) is 8.87. The Morgan fingerprint density at radius 2 is 2.12 bits per heavy atom. The van der Waals surface area contributed by atoms with Crippen LogP contribution in [0.4, 0.5) is 0 Å². The summed E-state index contributed by atoms with van der Waals surface area (Å²) >= 11 is 1.58. The van der Waals surface area contributed by atoms with Gasteiger partial charge in [0, 0.05) is 13.1 Å². The Labute approximate surface area is 160 Å². The summed E-state index contributed by atoms with van der Waals surface area (Å²) in [6.45, 7) is 7.68. The number of benzene rings is 1. The Bertz CT molecular complexity index is 712. The highest BCUT2D eigenvalue weighted by Crippen LogP contribution is 2.23. The Morgan fingerprint density at radius 1 is 1.31 bits per heavy atom. The number of nitrogens with one attached hydrogen (secondary N) is 2. The molecule has 0 radical (unpaired) electrons. The highest BCUT2D eigenvalue weighted by Gasteiger charge is 2.23. The van der Waals surface area contributed by atoms with Gasteiger partial charge in [-0.05, 0) is 66.8 Å². The molecule has 0 saturated carbocycles. The van der Waals surface area contributed by atoms with Gasteiger partial charge in [0.05, 0.1) is 13.7 Å². The number of nitrogens with zero attached hydrogens (tertiary/aromatic N) is 1. The molecule has 0 fully saturated rings. The van der Waals surface area contributed by atoms with E-state index in [1.54, 1.807) is 25.4 Å². The Morgan fingerprint density at radius 3 is 2.77 bits per heavy atom. The van der Waals surface area contributed by atoms with Gasteiger partial charge in [-0.1, -0.05) is 12.1 Å². The SMILES string of the molecule is CCNC(=NCC(C)(O)c1ccsc1)NCCc1ccc(C)c(OC)c1. The molecular formula is C20H29N3O2S. The molecule has 0 spiro atoms. The first-order valence-corrected chi connectivity index (χ1v) is 9.81. The summed E-state index contributed by atoms with van der Waals surface area (Å²) in [4.78, 5) is 4.54. The van der Waals surface area contributed by atoms with Crippen LogP contribution >= 0.6 is 11.3 Å². The third-order valence-corrected chi connectivity index (χ3v) is 4.89. The first-order chi connectivity index (χ1) is 12.5. The first kappa shape index (κ1) is 20.3. The third kappa shape index (κ3) is 5.75. The largest absolute Gasteiger partial charge is 0.496 e. The molecule has 1 aromatic carbocycles. The summed E-state index contributed by atoms with van der Waals surface area (Å²) in [6, 6.07) is 8.20. The number of hydrogen-bond acceptors (Lipinski definition) is 4. The quantitative estimate of drug-likeness (QED) is 0.490. The predicted molar refractivity (Wildman–Crippen MR) is 109 cm³/mol. The van der Waals surface area contributed by atoms with Gasteiger partial charge >= 0.3 is 0 Å². The lowest BCUT2D eigenvalue weighted by Crippen LogP contribution is -2.39. The standard InChI is InChI=1S/C20H29N3O2S/c1-5-21-19(23-14-20(3,24)17-9-11-26-13-17)22-10-8-16-7-6-15(2)18(12-16)25-4/h6-7,9,11-13,24H,5,8,10,14H2,1-4H3,(H2,21,22,23). The molecular weight excluding hydrogens is 346 g/mol. The molecule has 1 atom stereocenters. The summed E-state index contributed by atoms with van der Waals surface area (Å²) in [5.41, 5.74) is 2.27. The fraction of sp³-hybridized carbons (Fsp3) is 0.450. The van der Waals surface area contributed by atoms with Crippen LogP contribution in [-0.2, 0) is 12.0 Å². The second-order valence-electron chi connectivity index (χ2n) is 6.46. The number of hydrogen-bond donors (Lipinski definition) is 3. The highest BCUT2D eigenvalue weighted by molar-refractivity contribution is 7.08. The van der Waals surface area contributed by atoms with Crippen molar-refractivity contribution in [1.82, 2.24) is 10.6 Å². The van der Waals surface area contributed by atoms with Gasteiger partial charge in [-0.15, -0.1) is 0 Å². The molecule has 2 rings (SSSR count). The maximum absolute atomic E-state index is 10.6. The lowest BCUT2D eigenvalue weighted by atomic mass is 10.00. The Kier molecular flexibility index (Phi) is 7.48. The van der Waals surface area contributed by atoms with Crippen LogP contribution in [0.5, 0.6) is 5.75 Å². The van der Waals surface area contributed by atoms with Crippen molar-refractivity contribution >= 4 is 17.3 Å². The van der Waals surface area contributed by atoms with Gasteiger partial charge in [0.25, 0.3) is 0 Å². The maximum Gasteiger partial charge on any atom is 0.191 e. The molecule has 142 valence electrons. The average molecular weight is 376 g/mol. The van der Waals surface area contributed by atoms with Gasteiger partial charge in [0.1, 0.15) is 11.4 Å². The van der Waals surface area contributed by atoms with Crippen LogP contribution in [0.25, 0.3) is 0 Å². The summed E-state index contributed by atoms with van der Waals surface area (Å²) in [6.07, 6.45) is 0.863. The smallest absolute Gasteiger partial charge is 0.191 e. The van der Waals surface area contributed by atoms with Crippen LogP contribution < -0.4 is 15.4 Å². The van der Waals surface area contributed by atoms with E-state index in [-0.39, 0.29) is 0 Å². The fourth-order valence-electron chi connectivity index (χ4n) is 2.58. The van der Waals surface area contributed by atoms with E-state index >= 15 is 0 Å². The zero-order valence-electron chi connectivity index (χ0n) is 16.0. The molecule has 0 aliphatic rings. The number of aliphatic hydroxyl groups is 1. The summed E-state index contributed by atoms with van der Waals surface area (Å²) in [5, 5.41) is 21.1. The van der Waals surface area contributed by atoms with Crippen LogP contribution in [0.15, 0.2) is 40.0 Å². The number of ether oxygens (including phenoxy) is 1. The minimum Gasteiger partial charge on any atom is -0.496 e. The van der Waals surface area contributed by atoms with E-state index < -0.39 is 5.60 Å². The fourth-order valence-corrected chi connectivity index (χ4v) is 3.36. The zero-order chi connectivity index (χ0) is 19.0. The molecule has 5 nitrogen and oxygen atoms in total. The molecule has 0 bridgehead atoms. The van der Waals surface area contributed by atoms with Gasteiger partial charge < -0.3 is 20.5 Å². The van der Waals surface area contributed by atoms with Crippen molar-refractivity contribution in [3.05, 3.63) is 51.7 Å². The number of aliphatic imine (C=N–C) groups is 1. The van der Waals surface area contributed by atoms with Crippen molar-refractivity contribution in [2.24, 2.45) is 4.99 Å². The average Bonchev–Trinajstić information content (AvgIpc) is 3.17. The van der Waals surface area contributed by atoms with Crippen molar-refractivity contribution in [1.29, 1.82) is 0 Å². The Hall–Kier alpha value is -2.05. The second-order valence-corrected chi connectivity index (χ2v) is 7.24. The number of rotatable bonds is 8. The molecule has 0 aliphatic carbocycles. The second kappa shape index (κ2) is 9.59. The van der Waals surface area contributed by atoms with E-state index in [4.69, 9.17) is 4.74 Å². The lowest BCUT2D eigenvalue weighted by molar-refractivity contribution is 0.0677. The van der Waals surface area contributed by atoms with Crippen LogP contribution in [0.1, 0.15) is 30.5 Å². The van der Waals surface area contributed by atoms with Crippen LogP contribution in [0.3, 0.4) is 0 Å². The van der Waals surface area contributed by atoms with Crippen LogP contribution in [0, 0.1) is 6.92 Å². The molecule has 1 heterocycles. The van der Waals surface area contributed by atoms with E-state index in [1.807, 2.05) is 30.7 Å². The Balaban J connectivity index is 1.93. The molecule has 0 amide bonds. The van der Waals surface area contributed by atoms with E-state index in [1.165, 1.54) is 5.56 Å². The summed E-state index contributed by atoms with van der Waals surface area (Å²) < 4.78 is 5.38. The van der Waals surface area contributed by atoms with E-state index in [9.17, 15) is 5.11 Å². The molecule has 0 saturated heterocycles. The minimum absolute atomic E-state index is 0.303. The van der Waals surface area contributed by atoms with Crippen molar-refractivity contribution in [3.8, 4) is 5.75 Å². The van der Waals surface area contributed by atoms with Crippen molar-refractivity contribution < 1.29 is 9.84 Å². The molecule has 2 aromatic rings. The van der Waals surface area contributed by atoms with Gasteiger partial charge in [-0.3, -0.25) is 0 Å². The van der Waals surface area contributed by atoms with Crippen LogP contribution in [-0.4, -0.2) is 37.8 Å². The lowest BCUT2D eigenvalue weighted by Gasteiger charge is -2.21. The highest BCUT2D eigenvalue weighted by atomic mass is 32.1. The molecule has 26 heavy (non-hydrogen) atoms. The number of thiophene rings is 1. The monoisotopic (exact) mass is 375 g/mol. The normalized spacial score (nSPS) is 14.0. The molecule has 6 heteroatoms. The van der Waals surface area contributed by atoms with E-state index in [0.717, 1.165) is 36.4 Å². The van der Waals surface area contributed by atoms with E-state index in [0.29, 0.717) is 12.5 Å². The molecule has 1 aromatic heterocycles. The van der Waals surface area contributed by atoms with Crippen LogP contribution in [0.2, 0.25) is 0 Å². The minimum atomic E-state index is -0.966. The van der Waals surface area contributed by atoms with Crippen molar-refractivity contribution in [2.45, 2.75) is 32.8 Å². The van der Waals surface area contributed by atoms with Crippen molar-refractivity contribution in [3.63, 3.8) is 0 Å². The number of aryl methyl sites for hydroxylation is 1. The molecule has 3 N–H and O–H groups in total. The predicted octanol–water partition coefficient (Wildman–Crippen LogP) is 3.07. The van der Waals surface area contributed by atoms with Gasteiger partial charge in [-0.25, -0.2) is 4.99 Å². The van der Waals surface area contributed by atoms with Crippen molar-refractivity contribution in [2.75, 3.05) is 26.7 Å². The van der Waals surface area contributed by atoms with Gasteiger partial charge in [0.15, 0.2) is 5.96 Å². The summed E-state index contributed by atoms with van der Waals surface area (Å²) in [7, 11) is 1.69. The molecule has 1 unspecified atom stereocenters. The van der Waals surface area contributed by atoms with E-state index in [2.05, 4.69) is 33.8 Å². The number of methoxy groups -OCH3 is 1. The van der Waals surface area contributed by atoms with Gasteiger partial charge in [0.2, 0.25) is 0 Å². The van der Waals surface area contributed by atoms with Gasteiger partial charge in [-0.2, -0.15) is 11.3 Å². The summed E-state index contributed by atoms with van der Waals surface area (Å²) in [5.74, 6) is 1.62. The maximum atomic E-state index is 10.6. The zero-order valence-corrected chi connectivity index (χ0v) is 16.8. The molecule has 0 aliphatic heterocycles. The number of guanidine groups is 1.